The third-order valence-corrected chi connectivity index (χ3v) is 3.67. The average molecular weight is 310 g/mol. The van der Waals surface area contributed by atoms with Gasteiger partial charge in [-0.2, -0.15) is 0 Å². The highest BCUT2D eigenvalue weighted by Crippen LogP contribution is 2.22. The Morgan fingerprint density at radius 2 is 2.00 bits per heavy atom. The number of nitrogens with zero attached hydrogens (tertiary/aromatic N) is 2. The molecule has 0 saturated carbocycles. The van der Waals surface area contributed by atoms with Crippen molar-refractivity contribution in [2.24, 2.45) is 0 Å². The minimum Gasteiger partial charge on any atom is -0.355 e. The number of nitrogens with one attached hydrogen (secondary N) is 1. The Hall–Kier alpha value is -1.75. The monoisotopic (exact) mass is 309 g/mol. The third kappa shape index (κ3) is 4.11. The minimum absolute atomic E-state index is 0.102. The van der Waals surface area contributed by atoms with Crippen molar-refractivity contribution in [2.45, 2.75) is 19.8 Å². The van der Waals surface area contributed by atoms with E-state index >= 15 is 0 Å². The van der Waals surface area contributed by atoms with Crippen molar-refractivity contribution in [3.8, 4) is 0 Å². The summed E-state index contributed by atoms with van der Waals surface area (Å²) in [7, 11) is 0. The highest BCUT2D eigenvalue weighted by atomic mass is 35.5. The van der Waals surface area contributed by atoms with Gasteiger partial charge in [0.15, 0.2) is 0 Å². The van der Waals surface area contributed by atoms with E-state index in [0.29, 0.717) is 24.7 Å². The number of benzene rings is 1. The van der Waals surface area contributed by atoms with Gasteiger partial charge in [-0.3, -0.25) is 9.69 Å². The van der Waals surface area contributed by atoms with Crippen LogP contribution in [0.2, 0.25) is 5.02 Å². The first-order chi connectivity index (χ1) is 10.1. The molecule has 5 nitrogen and oxygen atoms in total. The van der Waals surface area contributed by atoms with E-state index in [4.69, 9.17) is 11.6 Å². The van der Waals surface area contributed by atoms with E-state index in [9.17, 15) is 9.59 Å². The summed E-state index contributed by atoms with van der Waals surface area (Å²) < 4.78 is 0. The van der Waals surface area contributed by atoms with Crippen LogP contribution in [0.4, 0.5) is 10.5 Å². The van der Waals surface area contributed by atoms with E-state index in [0.717, 1.165) is 18.5 Å². The molecular weight excluding hydrogens is 290 g/mol. The Morgan fingerprint density at radius 1 is 1.29 bits per heavy atom. The lowest BCUT2D eigenvalue weighted by atomic mass is 10.3. The number of hydrogen-bond acceptors (Lipinski definition) is 2. The van der Waals surface area contributed by atoms with Crippen molar-refractivity contribution in [3.05, 3.63) is 29.3 Å². The lowest BCUT2D eigenvalue weighted by Crippen LogP contribution is -2.40. The summed E-state index contributed by atoms with van der Waals surface area (Å²) in [5.41, 5.74) is 0.804. The van der Waals surface area contributed by atoms with Crippen LogP contribution in [0, 0.1) is 0 Å². The van der Waals surface area contributed by atoms with Crippen LogP contribution in [0.25, 0.3) is 0 Å². The maximum Gasteiger partial charge on any atom is 0.325 e. The van der Waals surface area contributed by atoms with E-state index in [1.165, 1.54) is 0 Å². The number of carbonyl (C=O) groups is 2. The summed E-state index contributed by atoms with van der Waals surface area (Å²) in [6, 6.07) is 6.99. The van der Waals surface area contributed by atoms with Crippen molar-refractivity contribution in [1.29, 1.82) is 0 Å². The molecular formula is C15H20ClN3O2. The molecule has 1 aliphatic heterocycles. The zero-order valence-electron chi connectivity index (χ0n) is 12.1. The van der Waals surface area contributed by atoms with E-state index < -0.39 is 0 Å². The number of unbranched alkanes of at least 4 members (excludes halogenated alkanes) is 1. The largest absolute Gasteiger partial charge is 0.355 e. The first kappa shape index (κ1) is 15.6. The Bertz CT molecular complexity index is 504. The van der Waals surface area contributed by atoms with E-state index in [1.54, 1.807) is 21.9 Å². The van der Waals surface area contributed by atoms with Crippen LogP contribution in [0.1, 0.15) is 19.8 Å². The average Bonchev–Trinajstić information content (AvgIpc) is 2.82. The maximum atomic E-state index is 12.3. The van der Waals surface area contributed by atoms with Gasteiger partial charge < -0.3 is 10.2 Å². The fraction of sp³-hybridized carbons (Fsp3) is 0.467. The van der Waals surface area contributed by atoms with E-state index in [2.05, 4.69) is 12.2 Å². The number of urea groups is 1. The van der Waals surface area contributed by atoms with Gasteiger partial charge in [0.25, 0.3) is 0 Å². The fourth-order valence-corrected chi connectivity index (χ4v) is 2.35. The fourth-order valence-electron chi connectivity index (χ4n) is 2.22. The Kier molecular flexibility index (Phi) is 5.44. The zero-order chi connectivity index (χ0) is 15.2. The minimum atomic E-state index is -0.136. The molecule has 0 radical (unpaired) electrons. The molecule has 6 heteroatoms. The van der Waals surface area contributed by atoms with Gasteiger partial charge in [0.2, 0.25) is 5.91 Å². The second-order valence-corrected chi connectivity index (χ2v) is 5.47. The van der Waals surface area contributed by atoms with Crippen LogP contribution in [-0.4, -0.2) is 43.0 Å². The topological polar surface area (TPSA) is 52.7 Å². The van der Waals surface area contributed by atoms with Crippen LogP contribution in [0.5, 0.6) is 0 Å². The van der Waals surface area contributed by atoms with Crippen LogP contribution in [0.3, 0.4) is 0 Å². The quantitative estimate of drug-likeness (QED) is 0.821. The molecule has 0 atom stereocenters. The van der Waals surface area contributed by atoms with Gasteiger partial charge >= 0.3 is 6.03 Å². The van der Waals surface area contributed by atoms with Crippen molar-refractivity contribution in [3.63, 3.8) is 0 Å². The second kappa shape index (κ2) is 7.31. The van der Waals surface area contributed by atoms with Crippen LogP contribution >= 0.6 is 11.6 Å². The summed E-state index contributed by atoms with van der Waals surface area (Å²) >= 11 is 5.85. The normalized spacial score (nSPS) is 14.7. The Balaban J connectivity index is 1.89. The lowest BCUT2D eigenvalue weighted by Gasteiger charge is -2.18. The molecule has 0 unspecified atom stereocenters. The molecule has 1 fully saturated rings. The summed E-state index contributed by atoms with van der Waals surface area (Å²) in [6.45, 7) is 4.00. The molecule has 21 heavy (non-hydrogen) atoms. The molecule has 0 bridgehead atoms. The number of carbonyl (C=O) groups excluding carboxylic acids is 2. The molecule has 0 aliphatic carbocycles. The molecule has 1 aromatic rings. The van der Waals surface area contributed by atoms with Crippen LogP contribution in [0.15, 0.2) is 24.3 Å². The molecule has 1 saturated heterocycles. The van der Waals surface area contributed by atoms with Gasteiger partial charge in [-0.05, 0) is 30.7 Å². The summed E-state index contributed by atoms with van der Waals surface area (Å²) in [5.74, 6) is -0.102. The van der Waals surface area contributed by atoms with Gasteiger partial charge in [0.05, 0.1) is 0 Å². The SMILES string of the molecule is CCCCNC(=O)CN1CCN(c2ccc(Cl)cc2)C1=O. The first-order valence-electron chi connectivity index (χ1n) is 7.20. The second-order valence-electron chi connectivity index (χ2n) is 5.04. The zero-order valence-corrected chi connectivity index (χ0v) is 12.9. The van der Waals surface area contributed by atoms with Gasteiger partial charge in [0, 0.05) is 30.3 Å². The molecule has 3 amide bonds. The van der Waals surface area contributed by atoms with Crippen LogP contribution < -0.4 is 10.2 Å². The number of amides is 3. The lowest BCUT2D eigenvalue weighted by molar-refractivity contribution is -0.121. The summed E-state index contributed by atoms with van der Waals surface area (Å²) in [6.07, 6.45) is 1.99. The van der Waals surface area contributed by atoms with Gasteiger partial charge in [0.1, 0.15) is 6.54 Å². The molecule has 0 spiro atoms. The number of halogens is 1. The predicted octanol–water partition coefficient (Wildman–Crippen LogP) is 2.50. The Labute approximate surface area is 129 Å². The first-order valence-corrected chi connectivity index (χ1v) is 7.58. The smallest absolute Gasteiger partial charge is 0.325 e. The van der Waals surface area contributed by atoms with E-state index in [1.807, 2.05) is 12.1 Å². The van der Waals surface area contributed by atoms with E-state index in [-0.39, 0.29) is 18.5 Å². The molecule has 0 aromatic heterocycles. The third-order valence-electron chi connectivity index (χ3n) is 3.42. The van der Waals surface area contributed by atoms with Crippen molar-refractivity contribution in [2.75, 3.05) is 31.1 Å². The highest BCUT2D eigenvalue weighted by Gasteiger charge is 2.30. The summed E-state index contributed by atoms with van der Waals surface area (Å²) in [5, 5.41) is 3.46. The van der Waals surface area contributed by atoms with Crippen LogP contribution in [-0.2, 0) is 4.79 Å². The molecule has 1 N–H and O–H groups in total. The molecule has 1 heterocycles. The van der Waals surface area contributed by atoms with Crippen molar-refractivity contribution < 1.29 is 9.59 Å². The Morgan fingerprint density at radius 3 is 2.67 bits per heavy atom. The summed E-state index contributed by atoms with van der Waals surface area (Å²) in [4.78, 5) is 27.3. The number of rotatable bonds is 6. The van der Waals surface area contributed by atoms with Gasteiger partial charge in [-0.15, -0.1) is 0 Å². The predicted molar refractivity (Wildman–Crippen MR) is 83.7 cm³/mol. The molecule has 1 aromatic carbocycles. The molecule has 1 aliphatic rings. The highest BCUT2D eigenvalue weighted by molar-refractivity contribution is 6.30. The maximum absolute atomic E-state index is 12.3. The molecule has 2 rings (SSSR count). The standard InChI is InChI=1S/C15H20ClN3O2/c1-2-3-8-17-14(20)11-18-9-10-19(15(18)21)13-6-4-12(16)5-7-13/h4-7H,2-3,8-11H2,1H3,(H,17,20). The van der Waals surface area contributed by atoms with Gasteiger partial charge in [-0.1, -0.05) is 24.9 Å². The van der Waals surface area contributed by atoms with Crippen molar-refractivity contribution >= 4 is 29.2 Å². The van der Waals surface area contributed by atoms with Gasteiger partial charge in [-0.25, -0.2) is 4.79 Å². The number of anilines is 1. The number of hydrogen-bond donors (Lipinski definition) is 1. The molecule has 114 valence electrons. The van der Waals surface area contributed by atoms with Crippen molar-refractivity contribution in [1.82, 2.24) is 10.2 Å².